The normalized spacial score (nSPS) is 16.8. The molecule has 1 aromatic rings. The van der Waals surface area contributed by atoms with E-state index in [-0.39, 0.29) is 0 Å². The van der Waals surface area contributed by atoms with Crippen molar-refractivity contribution < 1.29 is 9.90 Å². The first-order valence-corrected chi connectivity index (χ1v) is 5.71. The van der Waals surface area contributed by atoms with Crippen LogP contribution in [0.2, 0.25) is 0 Å². The van der Waals surface area contributed by atoms with E-state index in [4.69, 9.17) is 5.11 Å². The molecule has 0 spiro atoms. The lowest BCUT2D eigenvalue weighted by Gasteiger charge is -2.26. The van der Waals surface area contributed by atoms with E-state index in [2.05, 4.69) is 11.8 Å². The molecule has 0 atom stereocenters. The van der Waals surface area contributed by atoms with Gasteiger partial charge in [-0.2, -0.15) is 0 Å². The standard InChI is InChI=1S/C13H17NO2/c1-2-14(11-6-4-3-5-7-11)10-13(8-9-13)12(15)16/h3-7H,2,8-10H2,1H3,(H,15,16). The maximum atomic E-state index is 11.1. The molecule has 1 fully saturated rings. The number of carboxylic acid groups (broad SMARTS) is 1. The number of hydrogen-bond acceptors (Lipinski definition) is 2. The molecule has 3 nitrogen and oxygen atoms in total. The van der Waals surface area contributed by atoms with Crippen molar-refractivity contribution in [2.45, 2.75) is 19.8 Å². The van der Waals surface area contributed by atoms with Crippen LogP contribution < -0.4 is 4.90 Å². The monoisotopic (exact) mass is 219 g/mol. The van der Waals surface area contributed by atoms with Crippen molar-refractivity contribution in [3.8, 4) is 0 Å². The number of carbonyl (C=O) groups is 1. The molecule has 0 aromatic heterocycles. The maximum Gasteiger partial charge on any atom is 0.311 e. The molecule has 86 valence electrons. The van der Waals surface area contributed by atoms with E-state index >= 15 is 0 Å². The molecule has 1 N–H and O–H groups in total. The van der Waals surface area contributed by atoms with Crippen LogP contribution in [0.3, 0.4) is 0 Å². The average molecular weight is 219 g/mol. The number of nitrogens with zero attached hydrogens (tertiary/aromatic N) is 1. The Morgan fingerprint density at radius 2 is 2.00 bits per heavy atom. The van der Waals surface area contributed by atoms with Crippen LogP contribution in [0.4, 0.5) is 5.69 Å². The number of rotatable bonds is 5. The lowest BCUT2D eigenvalue weighted by Crippen LogP contribution is -2.34. The molecule has 0 saturated heterocycles. The molecular formula is C13H17NO2. The van der Waals surface area contributed by atoms with Crippen LogP contribution >= 0.6 is 0 Å². The third kappa shape index (κ3) is 2.03. The number of benzene rings is 1. The Hall–Kier alpha value is -1.51. The van der Waals surface area contributed by atoms with Crippen LogP contribution in [-0.4, -0.2) is 24.2 Å². The van der Waals surface area contributed by atoms with Crippen molar-refractivity contribution in [2.24, 2.45) is 5.41 Å². The molecule has 1 aliphatic carbocycles. The highest BCUT2D eigenvalue weighted by molar-refractivity contribution is 5.78. The van der Waals surface area contributed by atoms with Gasteiger partial charge in [-0.25, -0.2) is 0 Å². The van der Waals surface area contributed by atoms with Gasteiger partial charge in [-0.3, -0.25) is 4.79 Å². The lowest BCUT2D eigenvalue weighted by atomic mass is 10.1. The number of aliphatic carboxylic acids is 1. The number of carboxylic acids is 1. The van der Waals surface area contributed by atoms with Gasteiger partial charge in [0.15, 0.2) is 0 Å². The van der Waals surface area contributed by atoms with Crippen LogP contribution in [0, 0.1) is 5.41 Å². The summed E-state index contributed by atoms with van der Waals surface area (Å²) in [6, 6.07) is 10.0. The Kier molecular flexibility index (Phi) is 2.86. The summed E-state index contributed by atoms with van der Waals surface area (Å²) in [4.78, 5) is 13.3. The van der Waals surface area contributed by atoms with Crippen LogP contribution in [0.25, 0.3) is 0 Å². The fourth-order valence-electron chi connectivity index (χ4n) is 1.98. The van der Waals surface area contributed by atoms with E-state index in [1.807, 2.05) is 30.3 Å². The van der Waals surface area contributed by atoms with E-state index in [0.29, 0.717) is 6.54 Å². The maximum absolute atomic E-state index is 11.1. The molecule has 2 rings (SSSR count). The zero-order valence-corrected chi connectivity index (χ0v) is 9.52. The van der Waals surface area contributed by atoms with Crippen molar-refractivity contribution in [1.82, 2.24) is 0 Å². The Bertz CT molecular complexity index is 371. The highest BCUT2D eigenvalue weighted by Gasteiger charge is 2.51. The van der Waals surface area contributed by atoms with Crippen LogP contribution in [0.1, 0.15) is 19.8 Å². The lowest BCUT2D eigenvalue weighted by molar-refractivity contribution is -0.142. The molecule has 1 saturated carbocycles. The summed E-state index contributed by atoms with van der Waals surface area (Å²) < 4.78 is 0. The molecule has 0 amide bonds. The van der Waals surface area contributed by atoms with Gasteiger partial charge in [0.25, 0.3) is 0 Å². The molecule has 1 aliphatic rings. The second-order valence-electron chi connectivity index (χ2n) is 4.44. The van der Waals surface area contributed by atoms with Gasteiger partial charge in [0.2, 0.25) is 0 Å². The third-order valence-electron chi connectivity index (χ3n) is 3.30. The summed E-state index contributed by atoms with van der Waals surface area (Å²) in [5.41, 5.74) is 0.629. The molecule has 0 bridgehead atoms. The van der Waals surface area contributed by atoms with Gasteiger partial charge in [-0.1, -0.05) is 18.2 Å². The van der Waals surface area contributed by atoms with Crippen molar-refractivity contribution in [1.29, 1.82) is 0 Å². The Balaban J connectivity index is 2.10. The zero-order chi connectivity index (χ0) is 11.6. The quantitative estimate of drug-likeness (QED) is 0.826. The Labute approximate surface area is 95.7 Å². The van der Waals surface area contributed by atoms with E-state index in [1.165, 1.54) is 0 Å². The van der Waals surface area contributed by atoms with Gasteiger partial charge in [-0.15, -0.1) is 0 Å². The first-order valence-electron chi connectivity index (χ1n) is 5.71. The summed E-state index contributed by atoms with van der Waals surface area (Å²) in [6.07, 6.45) is 1.62. The van der Waals surface area contributed by atoms with Crippen molar-refractivity contribution in [2.75, 3.05) is 18.0 Å². The first kappa shape index (κ1) is 11.0. The highest BCUT2D eigenvalue weighted by atomic mass is 16.4. The largest absolute Gasteiger partial charge is 0.481 e. The Morgan fingerprint density at radius 1 is 1.38 bits per heavy atom. The fourth-order valence-corrected chi connectivity index (χ4v) is 1.98. The zero-order valence-electron chi connectivity index (χ0n) is 9.52. The smallest absolute Gasteiger partial charge is 0.311 e. The molecule has 1 aromatic carbocycles. The van der Waals surface area contributed by atoms with Gasteiger partial charge in [0, 0.05) is 18.8 Å². The summed E-state index contributed by atoms with van der Waals surface area (Å²) in [5.74, 6) is -0.651. The molecule has 0 heterocycles. The van der Waals surface area contributed by atoms with Crippen molar-refractivity contribution in [3.63, 3.8) is 0 Å². The predicted octanol–water partition coefficient (Wildman–Crippen LogP) is 2.38. The minimum atomic E-state index is -0.651. The fraction of sp³-hybridized carbons (Fsp3) is 0.462. The van der Waals surface area contributed by atoms with Crippen molar-refractivity contribution in [3.05, 3.63) is 30.3 Å². The van der Waals surface area contributed by atoms with Crippen LogP contribution in [0.5, 0.6) is 0 Å². The molecule has 16 heavy (non-hydrogen) atoms. The summed E-state index contributed by atoms with van der Waals surface area (Å²) >= 11 is 0. The van der Waals surface area contributed by atoms with Crippen LogP contribution in [-0.2, 0) is 4.79 Å². The molecule has 0 radical (unpaired) electrons. The van der Waals surface area contributed by atoms with E-state index in [9.17, 15) is 4.79 Å². The second kappa shape index (κ2) is 4.16. The summed E-state index contributed by atoms with van der Waals surface area (Å²) in [7, 11) is 0. The third-order valence-corrected chi connectivity index (χ3v) is 3.30. The number of hydrogen-bond donors (Lipinski definition) is 1. The average Bonchev–Trinajstić information content (AvgIpc) is 3.08. The second-order valence-corrected chi connectivity index (χ2v) is 4.44. The predicted molar refractivity (Wildman–Crippen MR) is 63.6 cm³/mol. The molecule has 3 heteroatoms. The first-order chi connectivity index (χ1) is 7.68. The van der Waals surface area contributed by atoms with Crippen LogP contribution in [0.15, 0.2) is 30.3 Å². The van der Waals surface area contributed by atoms with Gasteiger partial charge < -0.3 is 10.0 Å². The summed E-state index contributed by atoms with van der Waals surface area (Å²) in [6.45, 7) is 3.53. The van der Waals surface area contributed by atoms with Gasteiger partial charge in [-0.05, 0) is 31.9 Å². The molecular weight excluding hydrogens is 202 g/mol. The number of para-hydroxylation sites is 1. The molecule has 0 aliphatic heterocycles. The van der Waals surface area contributed by atoms with Crippen molar-refractivity contribution >= 4 is 11.7 Å². The van der Waals surface area contributed by atoms with Gasteiger partial charge in [0.05, 0.1) is 5.41 Å². The van der Waals surface area contributed by atoms with E-state index in [0.717, 1.165) is 25.1 Å². The van der Waals surface area contributed by atoms with E-state index in [1.54, 1.807) is 0 Å². The summed E-state index contributed by atoms with van der Waals surface area (Å²) in [5, 5.41) is 9.17. The Morgan fingerprint density at radius 3 is 2.44 bits per heavy atom. The highest BCUT2D eigenvalue weighted by Crippen LogP contribution is 2.46. The topological polar surface area (TPSA) is 40.5 Å². The van der Waals surface area contributed by atoms with Gasteiger partial charge in [0.1, 0.15) is 0 Å². The molecule has 0 unspecified atom stereocenters. The minimum Gasteiger partial charge on any atom is -0.481 e. The minimum absolute atomic E-state index is 0.480. The number of anilines is 1. The van der Waals surface area contributed by atoms with E-state index < -0.39 is 11.4 Å². The SMILES string of the molecule is CCN(CC1(C(=O)O)CC1)c1ccccc1. The van der Waals surface area contributed by atoms with Gasteiger partial charge >= 0.3 is 5.97 Å².